The Morgan fingerprint density at radius 1 is 1.00 bits per heavy atom. The molecule has 0 saturated carbocycles. The van der Waals surface area contributed by atoms with E-state index in [2.05, 4.69) is 10.4 Å². The number of hydrogen-bond donors (Lipinski definition) is 3. The van der Waals surface area contributed by atoms with Crippen LogP contribution in [0.5, 0.6) is 5.88 Å². The van der Waals surface area contributed by atoms with Crippen LogP contribution in [0.1, 0.15) is 30.3 Å². The summed E-state index contributed by atoms with van der Waals surface area (Å²) in [7, 11) is 0. The van der Waals surface area contributed by atoms with Crippen LogP contribution in [0.3, 0.4) is 0 Å². The number of piperazine rings is 1. The molecule has 0 spiro atoms. The highest BCUT2D eigenvalue weighted by Gasteiger charge is 2.37. The molecule has 2 aliphatic rings. The number of para-hydroxylation sites is 1. The van der Waals surface area contributed by atoms with Crippen LogP contribution in [0.25, 0.3) is 5.69 Å². The van der Waals surface area contributed by atoms with Crippen LogP contribution in [-0.2, 0) is 19.2 Å². The number of carbonyl (C=O) groups excluding carboxylic acids is 4. The Balaban J connectivity index is 1.54. The summed E-state index contributed by atoms with van der Waals surface area (Å²) < 4.78 is 6.94. The highest BCUT2D eigenvalue weighted by atomic mass is 16.5. The van der Waals surface area contributed by atoms with Gasteiger partial charge in [0, 0.05) is 45.2 Å². The van der Waals surface area contributed by atoms with Gasteiger partial charge in [0.15, 0.2) is 12.3 Å². The summed E-state index contributed by atoms with van der Waals surface area (Å²) >= 11 is 0. The van der Waals surface area contributed by atoms with Crippen LogP contribution in [0.15, 0.2) is 36.4 Å². The maximum absolute atomic E-state index is 13.3. The van der Waals surface area contributed by atoms with E-state index in [0.717, 1.165) is 9.80 Å². The topological polar surface area (TPSA) is 192 Å². The van der Waals surface area contributed by atoms with Crippen molar-refractivity contribution in [2.75, 3.05) is 39.3 Å². The molecule has 2 aromatic rings. The third-order valence-electron chi connectivity index (χ3n) is 6.93. The lowest BCUT2D eigenvalue weighted by atomic mass is 10.00. The number of hydrogen-bond acceptors (Lipinski definition) is 8. The highest BCUT2D eigenvalue weighted by molar-refractivity contribution is 5.98. The summed E-state index contributed by atoms with van der Waals surface area (Å²) in [4.78, 5) is 77.5. The third-order valence-corrected chi connectivity index (χ3v) is 6.93. The summed E-state index contributed by atoms with van der Waals surface area (Å²) in [5, 5.41) is 25.5. The second-order valence-electron chi connectivity index (χ2n) is 9.62. The van der Waals surface area contributed by atoms with E-state index in [-0.39, 0.29) is 50.1 Å². The number of nitrogens with zero attached hydrogens (tertiary/aromatic N) is 5. The molecule has 15 heteroatoms. The number of aromatic nitrogens is 2. The zero-order valence-corrected chi connectivity index (χ0v) is 22.3. The Kier molecular flexibility index (Phi) is 8.84. The molecule has 2 fully saturated rings. The Morgan fingerprint density at radius 3 is 2.24 bits per heavy atom. The minimum Gasteiger partial charge on any atom is -0.481 e. The monoisotopic (exact) mass is 570 g/mol. The predicted molar refractivity (Wildman–Crippen MR) is 139 cm³/mol. The van der Waals surface area contributed by atoms with E-state index < -0.39 is 48.4 Å². The third kappa shape index (κ3) is 6.62. The molecule has 5 amide bonds. The van der Waals surface area contributed by atoms with Gasteiger partial charge < -0.3 is 30.1 Å². The average molecular weight is 571 g/mol. The van der Waals surface area contributed by atoms with E-state index in [0.29, 0.717) is 18.7 Å². The van der Waals surface area contributed by atoms with Crippen molar-refractivity contribution >= 4 is 35.7 Å². The first kappa shape index (κ1) is 29.0. The molecule has 1 aromatic carbocycles. The number of rotatable bonds is 9. The molecule has 4 rings (SSSR count). The van der Waals surface area contributed by atoms with Crippen molar-refractivity contribution in [2.24, 2.45) is 5.92 Å². The van der Waals surface area contributed by atoms with E-state index in [9.17, 15) is 33.9 Å². The lowest BCUT2D eigenvalue weighted by Crippen LogP contribution is -2.58. The van der Waals surface area contributed by atoms with Gasteiger partial charge in [0.25, 0.3) is 11.8 Å². The first-order valence-electron chi connectivity index (χ1n) is 13.0. The van der Waals surface area contributed by atoms with E-state index >= 15 is 0 Å². The minimum absolute atomic E-state index is 0.0142. The molecule has 218 valence electrons. The number of carboxylic acids is 1. The number of benzene rings is 1. The molecule has 15 nitrogen and oxygen atoms in total. The number of amides is 5. The van der Waals surface area contributed by atoms with Crippen molar-refractivity contribution in [3.05, 3.63) is 42.1 Å². The van der Waals surface area contributed by atoms with Gasteiger partial charge in [-0.25, -0.2) is 9.48 Å². The van der Waals surface area contributed by atoms with Crippen molar-refractivity contribution in [3.63, 3.8) is 0 Å². The van der Waals surface area contributed by atoms with Crippen LogP contribution in [-0.4, -0.2) is 116 Å². The first-order chi connectivity index (χ1) is 19.6. The van der Waals surface area contributed by atoms with Crippen LogP contribution < -0.4 is 10.1 Å². The fourth-order valence-electron chi connectivity index (χ4n) is 4.53. The maximum Gasteiger partial charge on any atom is 0.407 e. The lowest BCUT2D eigenvalue weighted by molar-refractivity contribution is -0.147. The van der Waals surface area contributed by atoms with Gasteiger partial charge in [-0.3, -0.25) is 28.9 Å². The standard InChI is InChI=1S/C26H30N6O9/c1-16(25(37)38)22(24(36)29-10-12-30(13-11-29)26(39)40)27-23(35)18-14-21(32(28-18)17-6-3-2-4-7-17)41-15-20(34)31-9-5-8-19(31)33/h2-4,6-7,14,16,22H,5,8-13,15H2,1H3,(H,27,35)(H,37,38)(H,39,40). The molecule has 2 atom stereocenters. The SMILES string of the molecule is CC(C(=O)O)C(NC(=O)c1cc(OCC(=O)N2CCCC2=O)n(-c2ccccc2)n1)C(=O)N1CCN(C(=O)O)CC1. The Morgan fingerprint density at radius 2 is 1.66 bits per heavy atom. The largest absolute Gasteiger partial charge is 0.481 e. The van der Waals surface area contributed by atoms with Gasteiger partial charge in [-0.05, 0) is 25.5 Å². The van der Waals surface area contributed by atoms with Crippen molar-refractivity contribution in [1.29, 1.82) is 0 Å². The molecule has 2 unspecified atom stereocenters. The van der Waals surface area contributed by atoms with Gasteiger partial charge in [-0.2, -0.15) is 5.10 Å². The number of ether oxygens (including phenoxy) is 1. The fourth-order valence-corrected chi connectivity index (χ4v) is 4.53. The lowest BCUT2D eigenvalue weighted by Gasteiger charge is -2.35. The molecule has 3 N–H and O–H groups in total. The van der Waals surface area contributed by atoms with Gasteiger partial charge in [-0.1, -0.05) is 18.2 Å². The Hall–Kier alpha value is -4.95. The smallest absolute Gasteiger partial charge is 0.407 e. The summed E-state index contributed by atoms with van der Waals surface area (Å²) in [5.41, 5.74) is 0.286. The molecule has 2 aliphatic heterocycles. The van der Waals surface area contributed by atoms with Crippen molar-refractivity contribution < 1.29 is 43.7 Å². The van der Waals surface area contributed by atoms with Crippen molar-refractivity contribution in [1.82, 2.24) is 29.8 Å². The summed E-state index contributed by atoms with van der Waals surface area (Å²) in [6.45, 7) is 1.28. The predicted octanol–water partition coefficient (Wildman–Crippen LogP) is 0.0414. The molecule has 0 aliphatic carbocycles. The number of nitrogens with one attached hydrogen (secondary N) is 1. The Labute approximate surface area is 234 Å². The summed E-state index contributed by atoms with van der Waals surface area (Å²) in [6, 6.07) is 8.37. The maximum atomic E-state index is 13.3. The minimum atomic E-state index is -1.47. The van der Waals surface area contributed by atoms with Crippen LogP contribution in [0.2, 0.25) is 0 Å². The quantitative estimate of drug-likeness (QED) is 0.371. The van der Waals surface area contributed by atoms with Gasteiger partial charge in [0.2, 0.25) is 17.7 Å². The molecular formula is C26H30N6O9. The van der Waals surface area contributed by atoms with Gasteiger partial charge >= 0.3 is 12.1 Å². The summed E-state index contributed by atoms with van der Waals surface area (Å²) in [5.74, 6) is -4.97. The number of likely N-dealkylation sites (tertiary alicyclic amines) is 1. The molecule has 0 bridgehead atoms. The van der Waals surface area contributed by atoms with Crippen LogP contribution >= 0.6 is 0 Å². The zero-order valence-electron chi connectivity index (χ0n) is 22.3. The average Bonchev–Trinajstić information content (AvgIpc) is 3.60. The number of imide groups is 1. The Bertz CT molecular complexity index is 1340. The van der Waals surface area contributed by atoms with Crippen LogP contribution in [0, 0.1) is 5.92 Å². The zero-order chi connectivity index (χ0) is 29.7. The molecule has 3 heterocycles. The van der Waals surface area contributed by atoms with E-state index in [1.807, 2.05) is 0 Å². The van der Waals surface area contributed by atoms with Crippen LogP contribution in [0.4, 0.5) is 4.79 Å². The van der Waals surface area contributed by atoms with E-state index in [1.165, 1.54) is 22.6 Å². The second kappa shape index (κ2) is 12.5. The van der Waals surface area contributed by atoms with Crippen molar-refractivity contribution in [3.8, 4) is 11.6 Å². The molecule has 41 heavy (non-hydrogen) atoms. The second-order valence-corrected chi connectivity index (χ2v) is 9.62. The number of carbonyl (C=O) groups is 6. The highest BCUT2D eigenvalue weighted by Crippen LogP contribution is 2.21. The van der Waals surface area contributed by atoms with Gasteiger partial charge in [0.1, 0.15) is 6.04 Å². The molecule has 0 radical (unpaired) electrons. The first-order valence-corrected chi connectivity index (χ1v) is 13.0. The summed E-state index contributed by atoms with van der Waals surface area (Å²) in [6.07, 6.45) is -0.274. The number of carboxylic acid groups (broad SMARTS) is 2. The van der Waals surface area contributed by atoms with E-state index in [1.54, 1.807) is 30.3 Å². The number of aliphatic carboxylic acids is 1. The molecule has 2 saturated heterocycles. The molecule has 1 aromatic heterocycles. The molecular weight excluding hydrogens is 540 g/mol. The van der Waals surface area contributed by atoms with Crippen molar-refractivity contribution in [2.45, 2.75) is 25.8 Å². The van der Waals surface area contributed by atoms with Gasteiger partial charge in [0.05, 0.1) is 11.6 Å². The van der Waals surface area contributed by atoms with Gasteiger partial charge in [-0.15, -0.1) is 0 Å². The van der Waals surface area contributed by atoms with E-state index in [4.69, 9.17) is 9.84 Å². The fraction of sp³-hybridized carbons (Fsp3) is 0.423. The normalized spacial score (nSPS) is 16.7.